The maximum atomic E-state index is 12.9. The number of ether oxygens (including phenoxy) is 2. The van der Waals surface area contributed by atoms with Crippen molar-refractivity contribution in [2.45, 2.75) is 17.9 Å². The second-order valence-electron chi connectivity index (χ2n) is 6.25. The zero-order valence-corrected chi connectivity index (χ0v) is 16.3. The Morgan fingerprint density at radius 3 is 2.68 bits per heavy atom. The summed E-state index contributed by atoms with van der Waals surface area (Å²) in [5.41, 5.74) is 0.144. The van der Waals surface area contributed by atoms with E-state index in [2.05, 4.69) is 5.32 Å². The number of carbonyl (C=O) groups is 1. The number of morpholine rings is 1. The first-order valence-electron chi connectivity index (χ1n) is 9.14. The predicted octanol–water partition coefficient (Wildman–Crippen LogP) is 1.64. The third kappa shape index (κ3) is 5.20. The molecule has 2 heterocycles. The van der Waals surface area contributed by atoms with Crippen LogP contribution in [0.5, 0.6) is 0 Å². The van der Waals surface area contributed by atoms with E-state index in [0.29, 0.717) is 39.4 Å². The molecule has 1 saturated heterocycles. The topological polar surface area (TPSA) is 98.1 Å². The summed E-state index contributed by atoms with van der Waals surface area (Å²) < 4.78 is 43.0. The van der Waals surface area contributed by atoms with E-state index < -0.39 is 15.9 Å². The van der Waals surface area contributed by atoms with Crippen LogP contribution in [-0.2, 0) is 26.1 Å². The van der Waals surface area contributed by atoms with Crippen LogP contribution in [0.4, 0.5) is 0 Å². The zero-order valence-electron chi connectivity index (χ0n) is 15.5. The summed E-state index contributed by atoms with van der Waals surface area (Å²) in [6.07, 6.45) is 2.19. The summed E-state index contributed by atoms with van der Waals surface area (Å²) in [5.74, 6) is 0.324. The van der Waals surface area contributed by atoms with Crippen LogP contribution >= 0.6 is 0 Å². The molecule has 9 heteroatoms. The molecule has 1 fully saturated rings. The van der Waals surface area contributed by atoms with Crippen molar-refractivity contribution in [3.63, 3.8) is 0 Å². The van der Waals surface area contributed by atoms with Crippen molar-refractivity contribution in [1.29, 1.82) is 0 Å². The molecular formula is C19H24N2O6S. The highest BCUT2D eigenvalue weighted by Gasteiger charge is 2.29. The molecule has 0 saturated carbocycles. The fourth-order valence-electron chi connectivity index (χ4n) is 2.84. The first-order chi connectivity index (χ1) is 13.6. The van der Waals surface area contributed by atoms with Gasteiger partial charge in [0.15, 0.2) is 0 Å². The minimum Gasteiger partial charge on any atom is -0.467 e. The molecule has 0 aliphatic carbocycles. The van der Waals surface area contributed by atoms with Crippen LogP contribution in [0.3, 0.4) is 0 Å². The van der Waals surface area contributed by atoms with Crippen molar-refractivity contribution in [3.05, 3.63) is 54.0 Å². The molecule has 0 radical (unpaired) electrons. The van der Waals surface area contributed by atoms with Crippen LogP contribution in [0.15, 0.2) is 52.0 Å². The van der Waals surface area contributed by atoms with Gasteiger partial charge in [-0.05, 0) is 30.7 Å². The van der Waals surface area contributed by atoms with Crippen molar-refractivity contribution < 1.29 is 27.1 Å². The first kappa shape index (κ1) is 20.5. The number of rotatable bonds is 9. The molecule has 152 valence electrons. The van der Waals surface area contributed by atoms with Crippen LogP contribution in [0.2, 0.25) is 0 Å². The molecular weight excluding hydrogens is 384 g/mol. The van der Waals surface area contributed by atoms with Crippen molar-refractivity contribution in [2.75, 3.05) is 39.5 Å². The minimum absolute atomic E-state index is 0.0171. The summed E-state index contributed by atoms with van der Waals surface area (Å²) in [7, 11) is -3.74. The quantitative estimate of drug-likeness (QED) is 0.634. The number of amides is 1. The number of sulfonamides is 1. The van der Waals surface area contributed by atoms with Crippen molar-refractivity contribution in [3.8, 4) is 0 Å². The van der Waals surface area contributed by atoms with Crippen molar-refractivity contribution in [2.24, 2.45) is 0 Å². The van der Waals surface area contributed by atoms with Gasteiger partial charge in [0.1, 0.15) is 12.4 Å². The van der Waals surface area contributed by atoms with E-state index >= 15 is 0 Å². The van der Waals surface area contributed by atoms with E-state index in [-0.39, 0.29) is 23.5 Å². The lowest BCUT2D eigenvalue weighted by molar-refractivity contribution is 0.0729. The molecule has 1 aromatic carbocycles. The highest BCUT2D eigenvalue weighted by atomic mass is 32.2. The number of nitrogens with zero attached hydrogens (tertiary/aromatic N) is 1. The number of benzene rings is 1. The summed E-state index contributed by atoms with van der Waals surface area (Å²) >= 11 is 0. The molecule has 2 aromatic rings. The van der Waals surface area contributed by atoms with E-state index in [0.717, 1.165) is 5.76 Å². The maximum Gasteiger partial charge on any atom is 0.252 e. The summed E-state index contributed by atoms with van der Waals surface area (Å²) in [6.45, 7) is 2.48. The van der Waals surface area contributed by atoms with Gasteiger partial charge in [0.05, 0.1) is 29.9 Å². The minimum atomic E-state index is -3.74. The largest absolute Gasteiger partial charge is 0.467 e. The Labute approximate surface area is 164 Å². The number of furan rings is 1. The van der Waals surface area contributed by atoms with Crippen LogP contribution in [-0.4, -0.2) is 58.1 Å². The van der Waals surface area contributed by atoms with Gasteiger partial charge in [-0.1, -0.05) is 12.1 Å². The van der Waals surface area contributed by atoms with E-state index in [4.69, 9.17) is 13.9 Å². The molecule has 3 rings (SSSR count). The van der Waals surface area contributed by atoms with Gasteiger partial charge in [0.25, 0.3) is 5.91 Å². The average Bonchev–Trinajstić information content (AvgIpc) is 3.24. The number of nitrogens with one attached hydrogen (secondary N) is 1. The monoisotopic (exact) mass is 408 g/mol. The number of hydrogen-bond acceptors (Lipinski definition) is 6. The van der Waals surface area contributed by atoms with Gasteiger partial charge in [-0.25, -0.2) is 8.42 Å². The molecule has 28 heavy (non-hydrogen) atoms. The third-order valence-corrected chi connectivity index (χ3v) is 6.25. The van der Waals surface area contributed by atoms with Gasteiger partial charge in [0.2, 0.25) is 10.0 Å². The first-order valence-corrected chi connectivity index (χ1v) is 10.6. The second-order valence-corrected chi connectivity index (χ2v) is 8.16. The molecule has 0 spiro atoms. The Morgan fingerprint density at radius 1 is 1.14 bits per heavy atom. The molecule has 0 unspecified atom stereocenters. The lowest BCUT2D eigenvalue weighted by atomic mass is 10.2. The van der Waals surface area contributed by atoms with E-state index in [9.17, 15) is 13.2 Å². The van der Waals surface area contributed by atoms with Gasteiger partial charge < -0.3 is 19.2 Å². The predicted molar refractivity (Wildman–Crippen MR) is 101 cm³/mol. The lowest BCUT2D eigenvalue weighted by Crippen LogP contribution is -2.41. The Balaban J connectivity index is 1.53. The van der Waals surface area contributed by atoms with Crippen LogP contribution in [0, 0.1) is 0 Å². The van der Waals surface area contributed by atoms with Crippen molar-refractivity contribution in [1.82, 2.24) is 9.62 Å². The smallest absolute Gasteiger partial charge is 0.252 e. The molecule has 1 aliphatic rings. The van der Waals surface area contributed by atoms with Crippen LogP contribution in [0.25, 0.3) is 0 Å². The molecule has 8 nitrogen and oxygen atoms in total. The molecule has 1 aromatic heterocycles. The standard InChI is InChI=1S/C19H24N2O6S/c22-19(20-8-4-11-26-15-16-5-3-12-27-16)17-6-1-2-7-18(17)28(23,24)21-9-13-25-14-10-21/h1-3,5-7,12H,4,8-11,13-15H2,(H,20,22). The molecule has 1 amide bonds. The molecule has 1 aliphatic heterocycles. The lowest BCUT2D eigenvalue weighted by Gasteiger charge is -2.26. The number of hydrogen-bond donors (Lipinski definition) is 1. The SMILES string of the molecule is O=C(NCCCOCc1ccco1)c1ccccc1S(=O)(=O)N1CCOCC1. The van der Waals surface area contributed by atoms with Crippen molar-refractivity contribution >= 4 is 15.9 Å². The van der Waals surface area contributed by atoms with Gasteiger partial charge in [-0.15, -0.1) is 0 Å². The summed E-state index contributed by atoms with van der Waals surface area (Å²) in [5, 5.41) is 2.76. The zero-order chi connectivity index (χ0) is 19.8. The highest BCUT2D eigenvalue weighted by molar-refractivity contribution is 7.89. The number of carbonyl (C=O) groups excluding carboxylic acids is 1. The Kier molecular flexibility index (Phi) is 7.21. The van der Waals surface area contributed by atoms with E-state index in [1.165, 1.54) is 16.4 Å². The summed E-state index contributed by atoms with van der Waals surface area (Å²) in [4.78, 5) is 12.6. The van der Waals surface area contributed by atoms with Crippen LogP contribution < -0.4 is 5.32 Å². The second kappa shape index (κ2) is 9.83. The van der Waals surface area contributed by atoms with Gasteiger partial charge in [-0.3, -0.25) is 4.79 Å². The van der Waals surface area contributed by atoms with Crippen LogP contribution in [0.1, 0.15) is 22.5 Å². The van der Waals surface area contributed by atoms with Gasteiger partial charge in [0, 0.05) is 26.2 Å². The van der Waals surface area contributed by atoms with E-state index in [1.54, 1.807) is 24.5 Å². The Hall–Kier alpha value is -2.20. The normalized spacial score (nSPS) is 15.4. The Bertz CT molecular complexity index is 860. The third-order valence-electron chi connectivity index (χ3n) is 4.29. The summed E-state index contributed by atoms with van der Waals surface area (Å²) in [6, 6.07) is 9.88. The van der Waals surface area contributed by atoms with E-state index in [1.807, 2.05) is 6.07 Å². The highest BCUT2D eigenvalue weighted by Crippen LogP contribution is 2.21. The van der Waals surface area contributed by atoms with Gasteiger partial charge >= 0.3 is 0 Å². The average molecular weight is 408 g/mol. The fourth-order valence-corrected chi connectivity index (χ4v) is 4.44. The molecule has 1 N–H and O–H groups in total. The maximum absolute atomic E-state index is 12.9. The molecule has 0 atom stereocenters. The van der Waals surface area contributed by atoms with Gasteiger partial charge in [-0.2, -0.15) is 4.31 Å². The molecule has 0 bridgehead atoms. The fraction of sp³-hybridized carbons (Fsp3) is 0.421. The Morgan fingerprint density at radius 2 is 1.93 bits per heavy atom.